The molecular weight excluding hydrogens is 452 g/mol. The van der Waals surface area contributed by atoms with Gasteiger partial charge >= 0.3 is 0 Å². The Kier molecular flexibility index (Phi) is 17.2. The number of ether oxygens (including phenoxy) is 1. The van der Waals surface area contributed by atoms with Gasteiger partial charge < -0.3 is 10.1 Å². The van der Waals surface area contributed by atoms with Crippen LogP contribution >= 0.6 is 0 Å². The molecule has 0 radical (unpaired) electrons. The van der Waals surface area contributed by atoms with Gasteiger partial charge in [-0.2, -0.15) is 0 Å². The van der Waals surface area contributed by atoms with Crippen molar-refractivity contribution < 1.29 is 4.74 Å². The minimum Gasteiger partial charge on any atom is -0.375 e. The quantitative estimate of drug-likeness (QED) is 0.165. The lowest BCUT2D eigenvalue weighted by Gasteiger charge is -2.27. The van der Waals surface area contributed by atoms with Gasteiger partial charge in [0.1, 0.15) is 0 Å². The molecule has 1 unspecified atom stereocenters. The van der Waals surface area contributed by atoms with Crippen molar-refractivity contribution in [2.45, 2.75) is 92.8 Å². The maximum absolute atomic E-state index is 6.35. The van der Waals surface area contributed by atoms with Gasteiger partial charge in [0.2, 0.25) is 0 Å². The third-order valence-electron chi connectivity index (χ3n) is 6.53. The Labute approximate surface area is 228 Å². The van der Waals surface area contributed by atoms with Crippen molar-refractivity contribution in [1.82, 2.24) is 5.32 Å². The maximum Gasteiger partial charge on any atom is 0.0603 e. The molecule has 2 rings (SSSR count). The van der Waals surface area contributed by atoms with Crippen LogP contribution in [0.15, 0.2) is 71.8 Å². The van der Waals surface area contributed by atoms with E-state index in [-0.39, 0.29) is 0 Å². The summed E-state index contributed by atoms with van der Waals surface area (Å²) in [6.07, 6.45) is 20.7. The first kappa shape index (κ1) is 32.5. The Morgan fingerprint density at radius 3 is 2.51 bits per heavy atom. The molecule has 0 aromatic heterocycles. The SMILES string of the molecule is C=C/C(=C(C)\C=C/C)c1ccc(/C(C=NCCCC(CC)OC2CCNCC2)=C/C=C/C)cc1C.CC. The highest BCUT2D eigenvalue weighted by molar-refractivity contribution is 6.10. The maximum atomic E-state index is 6.35. The second-order valence-corrected chi connectivity index (χ2v) is 9.27. The van der Waals surface area contributed by atoms with Gasteiger partial charge in [0, 0.05) is 12.8 Å². The molecule has 1 aliphatic rings. The fourth-order valence-corrected chi connectivity index (χ4v) is 4.53. The average molecular weight is 505 g/mol. The molecule has 3 heteroatoms. The van der Waals surface area contributed by atoms with Gasteiger partial charge in [0.15, 0.2) is 0 Å². The van der Waals surface area contributed by atoms with Crippen LogP contribution in [0.2, 0.25) is 0 Å². The van der Waals surface area contributed by atoms with Crippen LogP contribution in [0.4, 0.5) is 0 Å². The first-order valence-corrected chi connectivity index (χ1v) is 14.3. The fraction of sp³-hybridized carbons (Fsp3) is 0.500. The van der Waals surface area contributed by atoms with Crippen LogP contribution in [-0.2, 0) is 4.74 Å². The summed E-state index contributed by atoms with van der Waals surface area (Å²) >= 11 is 0. The zero-order valence-corrected chi connectivity index (χ0v) is 24.6. The van der Waals surface area contributed by atoms with Crippen LogP contribution in [0.25, 0.3) is 11.1 Å². The number of allylic oxidation sites excluding steroid dienone is 9. The number of rotatable bonds is 13. The van der Waals surface area contributed by atoms with Crippen molar-refractivity contribution in [1.29, 1.82) is 0 Å². The monoisotopic (exact) mass is 504 g/mol. The molecule has 37 heavy (non-hydrogen) atoms. The van der Waals surface area contributed by atoms with Gasteiger partial charge in [-0.15, -0.1) is 0 Å². The van der Waals surface area contributed by atoms with Crippen LogP contribution in [0, 0.1) is 6.92 Å². The first-order valence-electron chi connectivity index (χ1n) is 14.3. The molecule has 0 amide bonds. The highest BCUT2D eigenvalue weighted by Crippen LogP contribution is 2.27. The molecule has 1 fully saturated rings. The lowest BCUT2D eigenvalue weighted by Crippen LogP contribution is -2.34. The number of aryl methyl sites for hydroxylation is 1. The van der Waals surface area contributed by atoms with Crippen molar-refractivity contribution in [2.75, 3.05) is 19.6 Å². The largest absolute Gasteiger partial charge is 0.375 e. The number of hydrogen-bond acceptors (Lipinski definition) is 3. The van der Waals surface area contributed by atoms with E-state index in [1.807, 2.05) is 40.0 Å². The van der Waals surface area contributed by atoms with E-state index in [2.05, 4.69) is 81.2 Å². The normalized spacial score (nSPS) is 16.7. The second kappa shape index (κ2) is 19.6. The topological polar surface area (TPSA) is 33.6 Å². The molecule has 1 heterocycles. The lowest BCUT2D eigenvalue weighted by atomic mass is 9.93. The highest BCUT2D eigenvalue weighted by Gasteiger charge is 2.17. The van der Waals surface area contributed by atoms with Gasteiger partial charge in [-0.1, -0.05) is 82.0 Å². The number of hydrogen-bond donors (Lipinski definition) is 1. The second-order valence-electron chi connectivity index (χ2n) is 9.27. The van der Waals surface area contributed by atoms with Crippen LogP contribution < -0.4 is 5.32 Å². The zero-order chi connectivity index (χ0) is 27.5. The molecule has 1 aromatic rings. The first-order chi connectivity index (χ1) is 18.0. The summed E-state index contributed by atoms with van der Waals surface area (Å²) in [7, 11) is 0. The summed E-state index contributed by atoms with van der Waals surface area (Å²) in [6.45, 7) is 21.6. The Morgan fingerprint density at radius 2 is 1.92 bits per heavy atom. The van der Waals surface area contributed by atoms with Gasteiger partial charge in [0.05, 0.1) is 12.2 Å². The van der Waals surface area contributed by atoms with Gasteiger partial charge in [-0.3, -0.25) is 4.99 Å². The molecule has 0 saturated carbocycles. The van der Waals surface area contributed by atoms with Crippen molar-refractivity contribution in [2.24, 2.45) is 4.99 Å². The van der Waals surface area contributed by atoms with E-state index in [1.165, 1.54) is 27.8 Å². The minimum absolute atomic E-state index is 0.347. The molecule has 1 aromatic carbocycles. The van der Waals surface area contributed by atoms with Crippen molar-refractivity contribution in [3.63, 3.8) is 0 Å². The standard InChI is InChI=1S/C32H46N2O.C2H6/c1-7-11-14-28(24-34-20-12-15-29(9-3)35-30-18-21-33-22-19-30)27-16-17-32(26(6)23-27)31(10-4)25(5)13-8-2;1-2/h7-8,10-11,13-14,16-17,23-24,29-30,33H,4,9,12,15,18-22H2,1-3,5-6H3;1-2H3/b11-7+,13-8-,28-14+,31-25+,34-24?;. The summed E-state index contributed by atoms with van der Waals surface area (Å²) in [5.74, 6) is 0. The number of benzene rings is 1. The molecule has 1 atom stereocenters. The number of piperidine rings is 1. The number of nitrogens with zero attached hydrogens (tertiary/aromatic N) is 1. The van der Waals surface area contributed by atoms with Crippen molar-refractivity contribution in [3.8, 4) is 0 Å². The van der Waals surface area contributed by atoms with Crippen molar-refractivity contribution in [3.05, 3.63) is 83.5 Å². The van der Waals surface area contributed by atoms with E-state index in [1.54, 1.807) is 0 Å². The summed E-state index contributed by atoms with van der Waals surface area (Å²) < 4.78 is 6.35. The van der Waals surface area contributed by atoms with Gasteiger partial charge in [0.25, 0.3) is 0 Å². The van der Waals surface area contributed by atoms with Crippen LogP contribution in [0.5, 0.6) is 0 Å². The highest BCUT2D eigenvalue weighted by atomic mass is 16.5. The van der Waals surface area contributed by atoms with Crippen LogP contribution in [0.1, 0.15) is 90.3 Å². The average Bonchev–Trinajstić information content (AvgIpc) is 2.92. The third kappa shape index (κ3) is 11.6. The summed E-state index contributed by atoms with van der Waals surface area (Å²) in [5, 5.41) is 3.41. The Bertz CT molecular complexity index is 943. The van der Waals surface area contributed by atoms with Crippen LogP contribution in [0.3, 0.4) is 0 Å². The zero-order valence-electron chi connectivity index (χ0n) is 24.6. The fourth-order valence-electron chi connectivity index (χ4n) is 4.53. The molecule has 0 bridgehead atoms. The molecule has 1 saturated heterocycles. The predicted octanol–water partition coefficient (Wildman–Crippen LogP) is 8.91. The lowest BCUT2D eigenvalue weighted by molar-refractivity contribution is -0.0319. The molecule has 1 N–H and O–H groups in total. The molecule has 204 valence electrons. The Hall–Kier alpha value is -2.49. The molecule has 0 aliphatic carbocycles. The van der Waals surface area contributed by atoms with E-state index in [4.69, 9.17) is 9.73 Å². The Balaban J connectivity index is 0.00000334. The Morgan fingerprint density at radius 1 is 1.19 bits per heavy atom. The molecular formula is C34H52N2O. The third-order valence-corrected chi connectivity index (χ3v) is 6.53. The van der Waals surface area contributed by atoms with E-state index in [9.17, 15) is 0 Å². The summed E-state index contributed by atoms with van der Waals surface area (Å²) in [6, 6.07) is 6.65. The molecule has 0 spiro atoms. The number of nitrogens with one attached hydrogen (secondary N) is 1. The van der Waals surface area contributed by atoms with Crippen LogP contribution in [-0.4, -0.2) is 38.1 Å². The van der Waals surface area contributed by atoms with E-state index in [0.717, 1.165) is 57.3 Å². The van der Waals surface area contributed by atoms with Crippen molar-refractivity contribution >= 4 is 17.4 Å². The number of aliphatic imine (C=N–C) groups is 1. The van der Waals surface area contributed by atoms with E-state index in [0.29, 0.717) is 12.2 Å². The van der Waals surface area contributed by atoms with Gasteiger partial charge in [-0.05, 0) is 106 Å². The summed E-state index contributed by atoms with van der Waals surface area (Å²) in [5.41, 5.74) is 7.17. The van der Waals surface area contributed by atoms with Gasteiger partial charge in [-0.25, -0.2) is 0 Å². The summed E-state index contributed by atoms with van der Waals surface area (Å²) in [4.78, 5) is 4.78. The minimum atomic E-state index is 0.347. The predicted molar refractivity (Wildman–Crippen MR) is 167 cm³/mol. The van der Waals surface area contributed by atoms with E-state index >= 15 is 0 Å². The molecule has 1 aliphatic heterocycles. The molecule has 3 nitrogen and oxygen atoms in total. The smallest absolute Gasteiger partial charge is 0.0603 e. The van der Waals surface area contributed by atoms with E-state index < -0.39 is 0 Å².